The van der Waals surface area contributed by atoms with Crippen LogP contribution in [0.4, 0.5) is 5.69 Å². The molecule has 2 aliphatic heterocycles. The number of fused-ring (bicyclic) bond motifs is 1. The Bertz CT molecular complexity index is 1360. The van der Waals surface area contributed by atoms with Crippen molar-refractivity contribution in [1.29, 1.82) is 0 Å². The number of anilines is 1. The summed E-state index contributed by atoms with van der Waals surface area (Å²) < 4.78 is 15.7. The zero-order valence-electron chi connectivity index (χ0n) is 20.5. The molecule has 0 amide bonds. The van der Waals surface area contributed by atoms with Crippen molar-refractivity contribution in [3.05, 3.63) is 54.0 Å². The summed E-state index contributed by atoms with van der Waals surface area (Å²) in [4.78, 5) is 14.7. The van der Waals surface area contributed by atoms with Crippen molar-refractivity contribution >= 4 is 16.9 Å². The number of benzene rings is 1. The largest absolute Gasteiger partial charge is 0.378 e. The molecule has 5 heterocycles. The van der Waals surface area contributed by atoms with Crippen molar-refractivity contribution in [3.63, 3.8) is 0 Å². The van der Waals surface area contributed by atoms with Crippen LogP contribution in [0, 0.1) is 6.92 Å². The topological polar surface area (TPSA) is 73.5 Å². The number of ether oxygens (including phenoxy) is 2. The first-order valence-electron chi connectivity index (χ1n) is 12.2. The molecule has 2 aliphatic rings. The summed E-state index contributed by atoms with van der Waals surface area (Å²) in [5.41, 5.74) is 6.03. The minimum absolute atomic E-state index is 0.0773. The van der Waals surface area contributed by atoms with Crippen LogP contribution >= 0.6 is 0 Å². The average Bonchev–Trinajstić information content (AvgIpc) is 3.50. The Hall–Kier alpha value is -3.27. The molecule has 35 heavy (non-hydrogen) atoms. The molecule has 0 bridgehead atoms. The number of hydrogen-bond acceptors (Lipinski definition) is 7. The van der Waals surface area contributed by atoms with Crippen molar-refractivity contribution in [1.82, 2.24) is 29.2 Å². The summed E-state index contributed by atoms with van der Waals surface area (Å²) in [5.74, 6) is 1.68. The van der Waals surface area contributed by atoms with Crippen LogP contribution in [0.25, 0.3) is 28.2 Å². The Morgan fingerprint density at radius 3 is 2.63 bits per heavy atom. The Kier molecular flexibility index (Phi) is 5.75. The van der Waals surface area contributed by atoms with Crippen LogP contribution in [0.3, 0.4) is 0 Å². The molecule has 9 heteroatoms. The maximum Gasteiger partial charge on any atom is 0.164 e. The van der Waals surface area contributed by atoms with Gasteiger partial charge in [-0.05, 0) is 26.1 Å². The Morgan fingerprint density at radius 1 is 0.971 bits per heavy atom. The summed E-state index contributed by atoms with van der Waals surface area (Å²) in [5, 5.41) is 4.87. The Balaban J connectivity index is 1.46. The number of aromatic nitrogens is 5. The third kappa shape index (κ3) is 4.20. The van der Waals surface area contributed by atoms with Gasteiger partial charge in [-0.25, -0.2) is 14.6 Å². The van der Waals surface area contributed by atoms with E-state index in [1.807, 2.05) is 24.0 Å². The SMILES string of the molecule is Cc1cccc(-c2ccn(-c3cc(N4CCOCC4)c4nc(C5CN(C)CCO5)n(C)c4n3)n2)c1. The lowest BCUT2D eigenvalue weighted by molar-refractivity contribution is -0.0265. The highest BCUT2D eigenvalue weighted by molar-refractivity contribution is 5.88. The highest BCUT2D eigenvalue weighted by atomic mass is 16.5. The number of morpholine rings is 2. The first-order chi connectivity index (χ1) is 17.1. The predicted molar refractivity (Wildman–Crippen MR) is 135 cm³/mol. The van der Waals surface area contributed by atoms with Crippen LogP contribution in [0.1, 0.15) is 17.5 Å². The van der Waals surface area contributed by atoms with E-state index in [0.717, 1.165) is 65.9 Å². The van der Waals surface area contributed by atoms with Gasteiger partial charge < -0.3 is 23.8 Å². The van der Waals surface area contributed by atoms with Crippen LogP contribution in [0.2, 0.25) is 0 Å². The number of likely N-dealkylation sites (N-methyl/N-ethyl adjacent to an activating group) is 1. The minimum Gasteiger partial charge on any atom is -0.378 e. The van der Waals surface area contributed by atoms with Crippen LogP contribution in [-0.4, -0.2) is 82.3 Å². The van der Waals surface area contributed by atoms with Crippen LogP contribution in [0.15, 0.2) is 42.6 Å². The van der Waals surface area contributed by atoms with E-state index in [1.54, 1.807) is 0 Å². The van der Waals surface area contributed by atoms with Gasteiger partial charge in [-0.15, -0.1) is 0 Å². The molecule has 2 fully saturated rings. The van der Waals surface area contributed by atoms with Crippen molar-refractivity contribution in [3.8, 4) is 17.1 Å². The van der Waals surface area contributed by atoms with Gasteiger partial charge in [0.2, 0.25) is 0 Å². The second-order valence-corrected chi connectivity index (χ2v) is 9.44. The molecule has 2 saturated heterocycles. The van der Waals surface area contributed by atoms with Gasteiger partial charge in [0.1, 0.15) is 17.4 Å². The van der Waals surface area contributed by atoms with Gasteiger partial charge in [0.05, 0.1) is 31.2 Å². The molecule has 6 rings (SSSR count). The fourth-order valence-electron chi connectivity index (χ4n) is 4.93. The molecule has 182 valence electrons. The molecule has 0 N–H and O–H groups in total. The standard InChI is InChI=1S/C26H31N7O2/c1-18-5-4-6-19(15-18)20-7-8-33(29-20)23-16-21(32-10-12-34-13-11-32)24-26(27-23)31(3)25(28-24)22-17-30(2)9-14-35-22/h4-8,15-16,22H,9-14,17H2,1-3H3. The molecule has 9 nitrogen and oxygen atoms in total. The van der Waals surface area contributed by atoms with E-state index in [2.05, 4.69) is 58.7 Å². The van der Waals surface area contributed by atoms with E-state index in [-0.39, 0.29) is 6.10 Å². The van der Waals surface area contributed by atoms with Crippen LogP contribution in [0.5, 0.6) is 0 Å². The lowest BCUT2D eigenvalue weighted by Gasteiger charge is -2.29. The van der Waals surface area contributed by atoms with Gasteiger partial charge >= 0.3 is 0 Å². The fourth-order valence-corrected chi connectivity index (χ4v) is 4.93. The zero-order chi connectivity index (χ0) is 23.9. The second kappa shape index (κ2) is 9.07. The number of imidazole rings is 1. The lowest BCUT2D eigenvalue weighted by Crippen LogP contribution is -2.36. The number of hydrogen-bond donors (Lipinski definition) is 0. The van der Waals surface area contributed by atoms with E-state index in [9.17, 15) is 0 Å². The summed E-state index contributed by atoms with van der Waals surface area (Å²) >= 11 is 0. The average molecular weight is 474 g/mol. The maximum atomic E-state index is 6.10. The molecule has 0 aliphatic carbocycles. The molecular formula is C26H31N7O2. The molecule has 0 saturated carbocycles. The summed E-state index contributed by atoms with van der Waals surface area (Å²) in [6, 6.07) is 12.5. The smallest absolute Gasteiger partial charge is 0.164 e. The summed E-state index contributed by atoms with van der Waals surface area (Å²) in [6.45, 7) is 7.60. The third-order valence-corrected chi connectivity index (χ3v) is 6.88. The highest BCUT2D eigenvalue weighted by Crippen LogP contribution is 2.32. The van der Waals surface area contributed by atoms with E-state index in [0.29, 0.717) is 19.8 Å². The molecule has 1 aromatic carbocycles. The number of pyridine rings is 1. The summed E-state index contributed by atoms with van der Waals surface area (Å²) in [7, 11) is 4.15. The first-order valence-corrected chi connectivity index (χ1v) is 12.2. The van der Waals surface area contributed by atoms with Crippen LogP contribution < -0.4 is 4.90 Å². The molecular weight excluding hydrogens is 442 g/mol. The van der Waals surface area contributed by atoms with Gasteiger partial charge in [-0.3, -0.25) is 0 Å². The van der Waals surface area contributed by atoms with Gasteiger partial charge in [0.25, 0.3) is 0 Å². The first kappa shape index (κ1) is 22.2. The fraction of sp³-hybridized carbons (Fsp3) is 0.423. The number of nitrogens with zero attached hydrogens (tertiary/aromatic N) is 7. The van der Waals surface area contributed by atoms with Gasteiger partial charge in [0.15, 0.2) is 11.5 Å². The number of aryl methyl sites for hydroxylation is 2. The zero-order valence-corrected chi connectivity index (χ0v) is 20.5. The van der Waals surface area contributed by atoms with Crippen molar-refractivity contribution in [2.75, 3.05) is 57.9 Å². The molecule has 1 unspecified atom stereocenters. The molecule has 1 atom stereocenters. The maximum absolute atomic E-state index is 6.10. The Labute approximate surface area is 204 Å². The van der Waals surface area contributed by atoms with Crippen LogP contribution in [-0.2, 0) is 16.5 Å². The summed E-state index contributed by atoms with van der Waals surface area (Å²) in [6.07, 6.45) is 1.90. The van der Waals surface area contributed by atoms with Crippen molar-refractivity contribution in [2.24, 2.45) is 7.05 Å². The lowest BCUT2D eigenvalue weighted by atomic mass is 10.1. The number of rotatable bonds is 4. The monoisotopic (exact) mass is 473 g/mol. The van der Waals surface area contributed by atoms with Crippen molar-refractivity contribution < 1.29 is 9.47 Å². The quantitative estimate of drug-likeness (QED) is 0.451. The molecule has 0 spiro atoms. The predicted octanol–water partition coefficient (Wildman–Crippen LogP) is 2.97. The second-order valence-electron chi connectivity index (χ2n) is 9.44. The van der Waals surface area contributed by atoms with E-state index in [4.69, 9.17) is 24.5 Å². The molecule has 0 radical (unpaired) electrons. The molecule has 4 aromatic rings. The minimum atomic E-state index is -0.0773. The van der Waals surface area contributed by atoms with E-state index < -0.39 is 0 Å². The van der Waals surface area contributed by atoms with Crippen molar-refractivity contribution in [2.45, 2.75) is 13.0 Å². The normalized spacial score (nSPS) is 19.5. The van der Waals surface area contributed by atoms with E-state index in [1.165, 1.54) is 5.56 Å². The third-order valence-electron chi connectivity index (χ3n) is 6.88. The van der Waals surface area contributed by atoms with E-state index >= 15 is 0 Å². The Morgan fingerprint density at radius 2 is 1.83 bits per heavy atom. The van der Waals surface area contributed by atoms with Gasteiger partial charge in [-0.2, -0.15) is 5.10 Å². The molecule has 3 aromatic heterocycles. The van der Waals surface area contributed by atoms with Gasteiger partial charge in [-0.1, -0.05) is 23.8 Å². The van der Waals surface area contributed by atoms with Gasteiger partial charge in [0, 0.05) is 51.1 Å². The highest BCUT2D eigenvalue weighted by Gasteiger charge is 2.27.